The Hall–Kier alpha value is -3.63. The number of carbonyl (C=O) groups is 1. The van der Waals surface area contributed by atoms with Gasteiger partial charge in [-0.3, -0.25) is 9.48 Å². The van der Waals surface area contributed by atoms with Crippen molar-refractivity contribution in [1.82, 2.24) is 24.6 Å². The van der Waals surface area contributed by atoms with Crippen LogP contribution in [-0.4, -0.2) is 44.1 Å². The lowest BCUT2D eigenvalue weighted by Crippen LogP contribution is -2.34. The van der Waals surface area contributed by atoms with Crippen molar-refractivity contribution in [3.8, 4) is 0 Å². The Morgan fingerprint density at radius 3 is 2.70 bits per heavy atom. The molecule has 0 radical (unpaired) electrons. The van der Waals surface area contributed by atoms with Crippen LogP contribution in [0.25, 0.3) is 0 Å². The van der Waals surface area contributed by atoms with Crippen LogP contribution >= 0.6 is 0 Å². The highest BCUT2D eigenvalue weighted by molar-refractivity contribution is 5.98. The van der Waals surface area contributed by atoms with Gasteiger partial charge in [0.05, 0.1) is 17.6 Å². The molecule has 3 aromatic rings. The van der Waals surface area contributed by atoms with Crippen LogP contribution in [0.4, 0.5) is 36.3 Å². The average molecular weight is 457 g/mol. The molecule has 0 spiro atoms. The first kappa shape index (κ1) is 21.2. The van der Waals surface area contributed by atoms with Gasteiger partial charge in [-0.05, 0) is 43.4 Å². The van der Waals surface area contributed by atoms with E-state index in [1.165, 1.54) is 0 Å². The van der Waals surface area contributed by atoms with Crippen LogP contribution in [0.3, 0.4) is 0 Å². The van der Waals surface area contributed by atoms with Crippen molar-refractivity contribution in [3.05, 3.63) is 53.0 Å². The van der Waals surface area contributed by atoms with Crippen molar-refractivity contribution < 1.29 is 18.0 Å². The maximum atomic E-state index is 13.7. The fourth-order valence-corrected chi connectivity index (χ4v) is 4.28. The van der Waals surface area contributed by atoms with Crippen molar-refractivity contribution in [2.75, 3.05) is 24.2 Å². The van der Waals surface area contributed by atoms with Gasteiger partial charge < -0.3 is 15.5 Å². The summed E-state index contributed by atoms with van der Waals surface area (Å²) in [6.07, 6.45) is 1.18. The fraction of sp³-hybridized carbons (Fsp3) is 0.364. The second kappa shape index (κ2) is 8.05. The first-order chi connectivity index (χ1) is 15.8. The number of aryl methyl sites for hydroxylation is 1. The quantitative estimate of drug-likeness (QED) is 0.612. The molecule has 5 rings (SSSR count). The van der Waals surface area contributed by atoms with E-state index < -0.39 is 11.7 Å². The van der Waals surface area contributed by atoms with Crippen molar-refractivity contribution in [3.63, 3.8) is 0 Å². The highest BCUT2D eigenvalue weighted by Gasteiger charge is 2.36. The van der Waals surface area contributed by atoms with Gasteiger partial charge in [0.25, 0.3) is 5.91 Å². The van der Waals surface area contributed by atoms with Crippen LogP contribution in [0.15, 0.2) is 30.6 Å². The Morgan fingerprint density at radius 2 is 1.88 bits per heavy atom. The third-order valence-corrected chi connectivity index (χ3v) is 6.03. The molecule has 0 fully saturated rings. The van der Waals surface area contributed by atoms with Crippen LogP contribution in [0.5, 0.6) is 0 Å². The Balaban J connectivity index is 1.50. The van der Waals surface area contributed by atoms with Gasteiger partial charge in [0.15, 0.2) is 0 Å². The van der Waals surface area contributed by atoms with Gasteiger partial charge in [-0.15, -0.1) is 0 Å². The third kappa shape index (κ3) is 3.98. The normalized spacial score (nSPS) is 15.8. The molecule has 0 saturated carbocycles. The molecule has 33 heavy (non-hydrogen) atoms. The first-order valence-electron chi connectivity index (χ1n) is 10.7. The number of amides is 1. The summed E-state index contributed by atoms with van der Waals surface area (Å²) in [7, 11) is 1.70. The summed E-state index contributed by atoms with van der Waals surface area (Å²) in [5, 5.41) is 10.2. The Bertz CT molecular complexity index is 1220. The third-order valence-electron chi connectivity index (χ3n) is 6.03. The molecule has 0 aliphatic carbocycles. The number of benzene rings is 1. The van der Waals surface area contributed by atoms with E-state index in [1.807, 2.05) is 4.68 Å². The first-order valence-corrected chi connectivity index (χ1v) is 10.7. The van der Waals surface area contributed by atoms with Crippen LogP contribution < -0.4 is 10.6 Å². The maximum Gasteiger partial charge on any atom is 0.421 e. The van der Waals surface area contributed by atoms with Crippen LogP contribution in [0.1, 0.15) is 40.0 Å². The minimum Gasteiger partial charge on any atom is -0.341 e. The van der Waals surface area contributed by atoms with Gasteiger partial charge in [0, 0.05) is 37.6 Å². The van der Waals surface area contributed by atoms with Gasteiger partial charge in [-0.1, -0.05) is 6.07 Å². The van der Waals surface area contributed by atoms with Crippen molar-refractivity contribution in [2.45, 2.75) is 38.4 Å². The molecular weight excluding hydrogens is 435 g/mol. The summed E-state index contributed by atoms with van der Waals surface area (Å²) in [6.45, 7) is 1.30. The van der Waals surface area contributed by atoms with Crippen molar-refractivity contribution >= 4 is 29.0 Å². The average Bonchev–Trinajstić information content (AvgIpc) is 3.19. The number of aromatic nitrogens is 4. The highest BCUT2D eigenvalue weighted by atomic mass is 19.4. The largest absolute Gasteiger partial charge is 0.421 e. The Kier molecular flexibility index (Phi) is 5.18. The molecule has 0 bridgehead atoms. The number of fused-ring (bicyclic) bond motifs is 2. The summed E-state index contributed by atoms with van der Waals surface area (Å²) in [5.74, 6) is -0.500. The van der Waals surface area contributed by atoms with E-state index >= 15 is 0 Å². The SMILES string of the molecule is CN1CCc2c(Nc3nc(Nc4cnn5c4CCCC5)ncc3C(F)(F)F)cccc2C1=O. The van der Waals surface area contributed by atoms with Crippen LogP contribution in [-0.2, 0) is 25.6 Å². The second-order valence-corrected chi connectivity index (χ2v) is 8.20. The number of alkyl halides is 3. The summed E-state index contributed by atoms with van der Waals surface area (Å²) in [5.41, 5.74) is 2.26. The van der Waals surface area contributed by atoms with Gasteiger partial charge in [0.2, 0.25) is 5.95 Å². The number of nitrogens with one attached hydrogen (secondary N) is 2. The molecule has 8 nitrogen and oxygen atoms in total. The van der Waals surface area contributed by atoms with E-state index in [2.05, 4.69) is 25.7 Å². The van der Waals surface area contributed by atoms with Crippen LogP contribution in [0.2, 0.25) is 0 Å². The number of likely N-dealkylation sites (N-methyl/N-ethyl adjacent to an activating group) is 1. The minimum atomic E-state index is -4.65. The number of hydrogen-bond donors (Lipinski definition) is 2. The Labute approximate surface area is 187 Å². The Morgan fingerprint density at radius 1 is 1.03 bits per heavy atom. The van der Waals surface area contributed by atoms with Crippen molar-refractivity contribution in [2.24, 2.45) is 0 Å². The number of hydrogen-bond acceptors (Lipinski definition) is 6. The molecule has 1 amide bonds. The molecule has 0 atom stereocenters. The van der Waals surface area contributed by atoms with E-state index in [1.54, 1.807) is 36.3 Å². The lowest BCUT2D eigenvalue weighted by molar-refractivity contribution is -0.137. The molecule has 2 aliphatic heterocycles. The molecular formula is C22H22F3N7O. The molecule has 172 valence electrons. The predicted octanol–water partition coefficient (Wildman–Crippen LogP) is 4.14. The van der Waals surface area contributed by atoms with E-state index in [0.717, 1.165) is 37.7 Å². The molecule has 2 aromatic heterocycles. The molecule has 2 N–H and O–H groups in total. The number of anilines is 4. The van der Waals surface area contributed by atoms with Gasteiger partial charge >= 0.3 is 6.18 Å². The van der Waals surface area contributed by atoms with Gasteiger partial charge in [-0.25, -0.2) is 4.98 Å². The minimum absolute atomic E-state index is 0.0347. The molecule has 0 saturated heterocycles. The smallest absolute Gasteiger partial charge is 0.341 e. The summed E-state index contributed by atoms with van der Waals surface area (Å²) in [4.78, 5) is 22.1. The standard InChI is InChI=1S/C22H22F3N7O/c1-31-10-8-13-14(20(31)33)5-4-6-16(13)28-19-15(22(23,24)25)11-26-21(30-19)29-17-12-27-32-9-3-2-7-18(17)32/h4-6,11-12H,2-3,7-10H2,1H3,(H2,26,28,29,30). The van der Waals surface area contributed by atoms with E-state index in [4.69, 9.17) is 0 Å². The van der Waals surface area contributed by atoms with E-state index in [9.17, 15) is 18.0 Å². The van der Waals surface area contributed by atoms with Gasteiger partial charge in [-0.2, -0.15) is 23.3 Å². The molecule has 11 heteroatoms. The zero-order valence-electron chi connectivity index (χ0n) is 17.9. The lowest BCUT2D eigenvalue weighted by Gasteiger charge is -2.27. The molecule has 2 aliphatic rings. The van der Waals surface area contributed by atoms with Gasteiger partial charge in [0.1, 0.15) is 11.4 Å². The monoisotopic (exact) mass is 457 g/mol. The number of halogens is 3. The predicted molar refractivity (Wildman–Crippen MR) is 116 cm³/mol. The highest BCUT2D eigenvalue weighted by Crippen LogP contribution is 2.37. The van der Waals surface area contributed by atoms with Crippen molar-refractivity contribution in [1.29, 1.82) is 0 Å². The summed E-state index contributed by atoms with van der Waals surface area (Å²) in [6, 6.07) is 4.98. The summed E-state index contributed by atoms with van der Waals surface area (Å²) < 4.78 is 43.1. The van der Waals surface area contributed by atoms with E-state index in [-0.39, 0.29) is 17.7 Å². The molecule has 4 heterocycles. The molecule has 1 aromatic carbocycles. The van der Waals surface area contributed by atoms with E-state index in [0.29, 0.717) is 35.5 Å². The zero-order valence-corrected chi connectivity index (χ0v) is 17.9. The maximum absolute atomic E-state index is 13.7. The fourth-order valence-electron chi connectivity index (χ4n) is 4.28. The number of nitrogens with zero attached hydrogens (tertiary/aromatic N) is 5. The molecule has 0 unspecified atom stereocenters. The lowest BCUT2D eigenvalue weighted by atomic mass is 9.97. The number of rotatable bonds is 4. The second-order valence-electron chi connectivity index (χ2n) is 8.20. The number of carbonyl (C=O) groups excluding carboxylic acids is 1. The zero-order chi connectivity index (χ0) is 23.2. The van der Waals surface area contributed by atoms with Crippen LogP contribution in [0, 0.1) is 0 Å². The summed E-state index contributed by atoms with van der Waals surface area (Å²) >= 11 is 0. The topological polar surface area (TPSA) is 88.0 Å².